The molecule has 2 aliphatic rings. The summed E-state index contributed by atoms with van der Waals surface area (Å²) in [5.41, 5.74) is 2.51. The lowest BCUT2D eigenvalue weighted by Crippen LogP contribution is -2.22. The molecular formula is C20H15BrN8O2. The lowest BCUT2D eigenvalue weighted by Gasteiger charge is -2.12. The molecule has 4 N–H and O–H groups in total. The first-order valence-corrected chi connectivity index (χ1v) is 10.3. The van der Waals surface area contributed by atoms with Crippen LogP contribution in [-0.2, 0) is 4.79 Å². The van der Waals surface area contributed by atoms with Gasteiger partial charge in [0, 0.05) is 22.1 Å². The van der Waals surface area contributed by atoms with E-state index in [-0.39, 0.29) is 5.70 Å². The highest BCUT2D eigenvalue weighted by atomic mass is 79.9. The number of aromatic nitrogens is 3. The smallest absolute Gasteiger partial charge is 0.326 e. The molecule has 10 nitrogen and oxygen atoms in total. The molecule has 2 fully saturated rings. The van der Waals surface area contributed by atoms with Crippen LogP contribution in [-0.4, -0.2) is 32.6 Å². The maximum Gasteiger partial charge on any atom is 0.326 e. The van der Waals surface area contributed by atoms with E-state index in [9.17, 15) is 9.59 Å². The predicted molar refractivity (Wildman–Crippen MR) is 116 cm³/mol. The number of anilines is 3. The summed E-state index contributed by atoms with van der Waals surface area (Å²) in [6.07, 6.45) is 5.29. The van der Waals surface area contributed by atoms with E-state index in [1.807, 2.05) is 6.07 Å². The lowest BCUT2D eigenvalue weighted by molar-refractivity contribution is -0.115. The van der Waals surface area contributed by atoms with Crippen LogP contribution >= 0.6 is 15.9 Å². The van der Waals surface area contributed by atoms with Crippen LogP contribution in [0.5, 0.6) is 0 Å². The second-order valence-corrected chi connectivity index (χ2v) is 8.03. The van der Waals surface area contributed by atoms with Crippen LogP contribution in [0, 0.1) is 11.3 Å². The Bertz CT molecular complexity index is 1320. The summed E-state index contributed by atoms with van der Waals surface area (Å²) in [7, 11) is 0. The predicted octanol–water partition coefficient (Wildman–Crippen LogP) is 2.86. The minimum atomic E-state index is -0.565. The molecule has 5 rings (SSSR count). The van der Waals surface area contributed by atoms with Crippen LogP contribution in [0.15, 0.2) is 40.6 Å². The van der Waals surface area contributed by atoms with E-state index in [2.05, 4.69) is 53.3 Å². The van der Waals surface area contributed by atoms with Crippen molar-refractivity contribution in [2.24, 2.45) is 0 Å². The van der Waals surface area contributed by atoms with E-state index in [4.69, 9.17) is 5.26 Å². The molecule has 1 aliphatic carbocycles. The largest absolute Gasteiger partial charge is 0.367 e. The van der Waals surface area contributed by atoms with Crippen LogP contribution in [0.2, 0.25) is 0 Å². The molecule has 3 amide bonds. The van der Waals surface area contributed by atoms with Crippen molar-refractivity contribution in [1.29, 1.82) is 5.26 Å². The molecule has 2 aromatic heterocycles. The Morgan fingerprint density at radius 2 is 2.10 bits per heavy atom. The number of hydrogen-bond acceptors (Lipinski definition) is 7. The molecule has 154 valence electrons. The van der Waals surface area contributed by atoms with Gasteiger partial charge in [-0.2, -0.15) is 14.9 Å². The fourth-order valence-electron chi connectivity index (χ4n) is 3.15. The zero-order valence-corrected chi connectivity index (χ0v) is 17.5. The standard InChI is InChI=1S/C20H15BrN8O2/c21-13-5-10(8-22)1-4-14(13)25-16-7-17(24-12-2-3-12)29-18(27-16)11(9-23-29)6-15-19(30)28-20(31)26-15/h1,4-7,9,12,24H,2-3H2,(H,25,27)(H2,26,28,30,31). The summed E-state index contributed by atoms with van der Waals surface area (Å²) < 4.78 is 2.39. The van der Waals surface area contributed by atoms with Gasteiger partial charge in [-0.3, -0.25) is 10.1 Å². The van der Waals surface area contributed by atoms with Crippen molar-refractivity contribution in [3.05, 3.63) is 51.8 Å². The van der Waals surface area contributed by atoms with Gasteiger partial charge < -0.3 is 16.0 Å². The number of nitrogens with zero attached hydrogens (tertiary/aromatic N) is 4. The third kappa shape index (κ3) is 3.80. The molecule has 0 unspecified atom stereocenters. The quantitative estimate of drug-likeness (QED) is 0.326. The first-order chi connectivity index (χ1) is 15.0. The number of fused-ring (bicyclic) bond motifs is 1. The van der Waals surface area contributed by atoms with E-state index in [0.717, 1.165) is 28.8 Å². The normalized spacial score (nSPS) is 16.8. The van der Waals surface area contributed by atoms with E-state index < -0.39 is 11.9 Å². The molecule has 1 saturated heterocycles. The Kier molecular flexibility index (Phi) is 4.56. The van der Waals surface area contributed by atoms with Gasteiger partial charge in [0.25, 0.3) is 5.91 Å². The fraction of sp³-hybridized carbons (Fsp3) is 0.150. The first kappa shape index (κ1) is 19.1. The number of nitrogens with one attached hydrogen (secondary N) is 4. The van der Waals surface area contributed by atoms with E-state index >= 15 is 0 Å². The van der Waals surface area contributed by atoms with Crippen molar-refractivity contribution >= 4 is 56.9 Å². The Balaban J connectivity index is 1.57. The van der Waals surface area contributed by atoms with Gasteiger partial charge >= 0.3 is 6.03 Å². The van der Waals surface area contributed by atoms with Crippen molar-refractivity contribution in [2.75, 3.05) is 10.6 Å². The summed E-state index contributed by atoms with van der Waals surface area (Å²) in [5, 5.41) is 24.8. The zero-order chi connectivity index (χ0) is 21.5. The number of carbonyl (C=O) groups excluding carboxylic acids is 2. The van der Waals surface area contributed by atoms with Gasteiger partial charge in [-0.15, -0.1) is 0 Å². The summed E-state index contributed by atoms with van der Waals surface area (Å²) in [6.45, 7) is 0. The molecule has 0 radical (unpaired) electrons. The molecule has 1 aliphatic heterocycles. The van der Waals surface area contributed by atoms with E-state index in [1.54, 1.807) is 28.9 Å². The van der Waals surface area contributed by atoms with Gasteiger partial charge in [-0.25, -0.2) is 9.78 Å². The Morgan fingerprint density at radius 1 is 1.26 bits per heavy atom. The number of hydrogen-bond donors (Lipinski definition) is 4. The molecular weight excluding hydrogens is 464 g/mol. The lowest BCUT2D eigenvalue weighted by atomic mass is 10.2. The third-order valence-electron chi connectivity index (χ3n) is 4.81. The minimum Gasteiger partial charge on any atom is -0.367 e. The first-order valence-electron chi connectivity index (χ1n) is 9.46. The number of amides is 3. The van der Waals surface area contributed by atoms with Crippen LogP contribution in [0.1, 0.15) is 24.0 Å². The number of benzene rings is 1. The van der Waals surface area contributed by atoms with Crippen molar-refractivity contribution in [3.8, 4) is 6.07 Å². The Labute approximate surface area is 184 Å². The third-order valence-corrected chi connectivity index (χ3v) is 5.47. The zero-order valence-electron chi connectivity index (χ0n) is 15.9. The Hall–Kier alpha value is -3.91. The summed E-state index contributed by atoms with van der Waals surface area (Å²) in [6, 6.07) is 9.00. The SMILES string of the molecule is N#Cc1ccc(Nc2cc(NC3CC3)n3ncc(C=C4NC(=O)NC4=O)c3n2)c(Br)c1. The minimum absolute atomic E-state index is 0.131. The van der Waals surface area contributed by atoms with Crippen molar-refractivity contribution in [3.63, 3.8) is 0 Å². The molecule has 1 saturated carbocycles. The average Bonchev–Trinajstić information content (AvgIpc) is 3.38. The van der Waals surface area contributed by atoms with Crippen LogP contribution in [0.25, 0.3) is 11.7 Å². The molecule has 0 bridgehead atoms. The van der Waals surface area contributed by atoms with Gasteiger partial charge in [-0.05, 0) is 53.0 Å². The number of rotatable bonds is 5. The van der Waals surface area contributed by atoms with Gasteiger partial charge in [0.1, 0.15) is 17.3 Å². The number of imide groups is 1. The van der Waals surface area contributed by atoms with Crippen LogP contribution < -0.4 is 21.3 Å². The number of carbonyl (C=O) groups is 2. The topological polar surface area (TPSA) is 136 Å². The maximum absolute atomic E-state index is 11.9. The number of halogens is 1. The fourth-order valence-corrected chi connectivity index (χ4v) is 3.63. The molecule has 3 heterocycles. The highest BCUT2D eigenvalue weighted by Crippen LogP contribution is 2.30. The second-order valence-electron chi connectivity index (χ2n) is 7.18. The second kappa shape index (κ2) is 7.41. The molecule has 1 aromatic carbocycles. The van der Waals surface area contributed by atoms with Gasteiger partial charge in [-0.1, -0.05) is 0 Å². The van der Waals surface area contributed by atoms with Gasteiger partial charge in [0.05, 0.1) is 23.5 Å². The van der Waals surface area contributed by atoms with Crippen LogP contribution in [0.4, 0.5) is 22.1 Å². The molecule has 3 aromatic rings. The number of urea groups is 1. The summed E-state index contributed by atoms with van der Waals surface area (Å²) in [4.78, 5) is 28.0. The summed E-state index contributed by atoms with van der Waals surface area (Å²) in [5.74, 6) is 0.807. The highest BCUT2D eigenvalue weighted by molar-refractivity contribution is 9.10. The summed E-state index contributed by atoms with van der Waals surface area (Å²) >= 11 is 3.47. The number of nitriles is 1. The molecule has 11 heteroatoms. The molecule has 0 spiro atoms. The Morgan fingerprint density at radius 3 is 2.77 bits per heavy atom. The van der Waals surface area contributed by atoms with E-state index in [1.165, 1.54) is 6.08 Å². The van der Waals surface area contributed by atoms with Crippen molar-refractivity contribution in [1.82, 2.24) is 25.2 Å². The van der Waals surface area contributed by atoms with Crippen LogP contribution in [0.3, 0.4) is 0 Å². The highest BCUT2D eigenvalue weighted by Gasteiger charge is 2.25. The molecule has 0 atom stereocenters. The van der Waals surface area contributed by atoms with E-state index in [0.29, 0.717) is 28.6 Å². The van der Waals surface area contributed by atoms with Crippen molar-refractivity contribution in [2.45, 2.75) is 18.9 Å². The van der Waals surface area contributed by atoms with Crippen molar-refractivity contribution < 1.29 is 9.59 Å². The monoisotopic (exact) mass is 478 g/mol. The van der Waals surface area contributed by atoms with Gasteiger partial charge in [0.15, 0.2) is 5.65 Å². The molecule has 31 heavy (non-hydrogen) atoms. The maximum atomic E-state index is 11.9. The van der Waals surface area contributed by atoms with Gasteiger partial charge in [0.2, 0.25) is 0 Å². The average molecular weight is 479 g/mol.